The van der Waals surface area contributed by atoms with Crippen LogP contribution < -0.4 is 16.1 Å². The first-order chi connectivity index (χ1) is 12.8. The van der Waals surface area contributed by atoms with Gasteiger partial charge >= 0.3 is 11.7 Å². The lowest BCUT2D eigenvalue weighted by Crippen LogP contribution is -2.41. The molecule has 0 N–H and O–H groups in total. The molecule has 0 saturated carbocycles. The highest BCUT2D eigenvalue weighted by atomic mass is 16.5. The molecular formula is C18H27N5O4. The molecule has 0 radical (unpaired) electrons. The predicted octanol–water partition coefficient (Wildman–Crippen LogP) is 0.794. The Labute approximate surface area is 157 Å². The summed E-state index contributed by atoms with van der Waals surface area (Å²) in [4.78, 5) is 43.9. The summed E-state index contributed by atoms with van der Waals surface area (Å²) in [5.41, 5.74) is 0.00270. The van der Waals surface area contributed by atoms with Crippen molar-refractivity contribution in [2.75, 3.05) is 24.6 Å². The van der Waals surface area contributed by atoms with Gasteiger partial charge in [-0.25, -0.2) is 4.79 Å². The van der Waals surface area contributed by atoms with Gasteiger partial charge in [0, 0.05) is 33.2 Å². The molecule has 0 aliphatic carbocycles. The number of imidazole rings is 1. The zero-order valence-electron chi connectivity index (χ0n) is 16.6. The molecule has 1 saturated heterocycles. The van der Waals surface area contributed by atoms with Crippen molar-refractivity contribution in [1.82, 2.24) is 18.7 Å². The number of hydrogen-bond donors (Lipinski definition) is 0. The Bertz CT molecular complexity index is 984. The van der Waals surface area contributed by atoms with Crippen LogP contribution in [0.4, 0.5) is 5.95 Å². The SMILES string of the molecule is CCOC(=O)C1CCCN(c2nc3c(c(=O)n(C)c(=O)n3C)n2C(C)C)C1. The van der Waals surface area contributed by atoms with Gasteiger partial charge in [0.05, 0.1) is 12.5 Å². The standard InChI is InChI=1S/C18H27N5O4/c1-6-27-16(25)12-8-7-9-22(10-12)17-19-14-13(23(17)11(2)3)15(24)21(5)18(26)20(14)4/h11-12H,6-10H2,1-5H3. The summed E-state index contributed by atoms with van der Waals surface area (Å²) in [5.74, 6) is 0.204. The number of rotatable bonds is 4. The number of piperidine rings is 1. The zero-order chi connectivity index (χ0) is 19.9. The second kappa shape index (κ2) is 7.21. The number of hydrogen-bond acceptors (Lipinski definition) is 6. The first-order valence-corrected chi connectivity index (χ1v) is 9.37. The zero-order valence-corrected chi connectivity index (χ0v) is 16.6. The van der Waals surface area contributed by atoms with Crippen molar-refractivity contribution in [2.24, 2.45) is 20.0 Å². The van der Waals surface area contributed by atoms with Crippen LogP contribution >= 0.6 is 0 Å². The van der Waals surface area contributed by atoms with E-state index < -0.39 is 5.69 Å². The molecule has 1 unspecified atom stereocenters. The van der Waals surface area contributed by atoms with Gasteiger partial charge in [-0.05, 0) is 33.6 Å². The van der Waals surface area contributed by atoms with E-state index in [1.54, 1.807) is 14.0 Å². The Morgan fingerprint density at radius 2 is 1.96 bits per heavy atom. The van der Waals surface area contributed by atoms with Crippen molar-refractivity contribution in [3.63, 3.8) is 0 Å². The number of fused-ring (bicyclic) bond motifs is 1. The lowest BCUT2D eigenvalue weighted by atomic mass is 9.98. The highest BCUT2D eigenvalue weighted by Crippen LogP contribution is 2.28. The molecule has 0 amide bonds. The number of nitrogens with zero attached hydrogens (tertiary/aromatic N) is 5. The van der Waals surface area contributed by atoms with Crippen LogP contribution in [0.25, 0.3) is 11.2 Å². The van der Waals surface area contributed by atoms with Crippen LogP contribution in [0.3, 0.4) is 0 Å². The molecule has 1 fully saturated rings. The largest absolute Gasteiger partial charge is 0.466 e. The Morgan fingerprint density at radius 1 is 1.26 bits per heavy atom. The van der Waals surface area contributed by atoms with Gasteiger partial charge in [0.15, 0.2) is 11.2 Å². The lowest BCUT2D eigenvalue weighted by Gasteiger charge is -2.33. The van der Waals surface area contributed by atoms with Gasteiger partial charge in [-0.3, -0.25) is 18.7 Å². The highest BCUT2D eigenvalue weighted by Gasteiger charge is 2.31. The van der Waals surface area contributed by atoms with E-state index in [9.17, 15) is 14.4 Å². The number of aryl methyl sites for hydroxylation is 1. The predicted molar refractivity (Wildman–Crippen MR) is 102 cm³/mol. The minimum atomic E-state index is -0.407. The number of carbonyl (C=O) groups is 1. The van der Waals surface area contributed by atoms with Gasteiger partial charge in [0.2, 0.25) is 5.95 Å². The second-order valence-electron chi connectivity index (χ2n) is 7.29. The Hall–Kier alpha value is -2.58. The fraction of sp³-hybridized carbons (Fsp3) is 0.667. The third-order valence-electron chi connectivity index (χ3n) is 5.11. The van der Waals surface area contributed by atoms with Gasteiger partial charge in [0.25, 0.3) is 5.56 Å². The molecule has 9 heteroatoms. The molecule has 1 atom stereocenters. The summed E-state index contributed by atoms with van der Waals surface area (Å²) in [6.07, 6.45) is 1.61. The number of carbonyl (C=O) groups excluding carboxylic acids is 1. The van der Waals surface area contributed by atoms with Crippen LogP contribution in [0, 0.1) is 5.92 Å². The molecule has 2 aromatic rings. The van der Waals surface area contributed by atoms with Crippen LogP contribution in [-0.4, -0.2) is 44.4 Å². The minimum absolute atomic E-state index is 0.0295. The van der Waals surface area contributed by atoms with Crippen LogP contribution in [0.1, 0.15) is 39.7 Å². The van der Waals surface area contributed by atoms with Crippen LogP contribution in [0.5, 0.6) is 0 Å². The molecule has 9 nitrogen and oxygen atoms in total. The van der Waals surface area contributed by atoms with Gasteiger partial charge in [-0.1, -0.05) is 0 Å². The molecule has 27 heavy (non-hydrogen) atoms. The quantitative estimate of drug-likeness (QED) is 0.732. The van der Waals surface area contributed by atoms with E-state index >= 15 is 0 Å². The van der Waals surface area contributed by atoms with Crippen molar-refractivity contribution in [2.45, 2.75) is 39.7 Å². The number of esters is 1. The van der Waals surface area contributed by atoms with E-state index in [0.717, 1.165) is 24.0 Å². The van der Waals surface area contributed by atoms with Crippen molar-refractivity contribution in [3.8, 4) is 0 Å². The van der Waals surface area contributed by atoms with Crippen molar-refractivity contribution in [3.05, 3.63) is 20.8 Å². The number of anilines is 1. The third-order valence-corrected chi connectivity index (χ3v) is 5.11. The average Bonchev–Trinajstić information content (AvgIpc) is 3.06. The molecule has 1 aliphatic heterocycles. The van der Waals surface area contributed by atoms with Crippen molar-refractivity contribution in [1.29, 1.82) is 0 Å². The molecule has 3 heterocycles. The van der Waals surface area contributed by atoms with Crippen LogP contribution in [0.2, 0.25) is 0 Å². The smallest absolute Gasteiger partial charge is 0.332 e. The summed E-state index contributed by atoms with van der Waals surface area (Å²) in [6.45, 7) is 7.33. The molecule has 0 spiro atoms. The number of aromatic nitrogens is 4. The first kappa shape index (κ1) is 19.2. The summed E-state index contributed by atoms with van der Waals surface area (Å²) < 4.78 is 9.54. The van der Waals surface area contributed by atoms with E-state index in [1.165, 1.54) is 11.6 Å². The van der Waals surface area contributed by atoms with E-state index in [-0.39, 0.29) is 23.5 Å². The third kappa shape index (κ3) is 3.15. The van der Waals surface area contributed by atoms with Crippen molar-refractivity contribution >= 4 is 23.1 Å². The number of ether oxygens (including phenoxy) is 1. The van der Waals surface area contributed by atoms with Gasteiger partial charge in [-0.15, -0.1) is 0 Å². The fourth-order valence-corrected chi connectivity index (χ4v) is 3.73. The summed E-state index contributed by atoms with van der Waals surface area (Å²) in [7, 11) is 3.09. The normalized spacial score (nSPS) is 17.7. The van der Waals surface area contributed by atoms with Gasteiger partial charge in [-0.2, -0.15) is 4.98 Å². The van der Waals surface area contributed by atoms with E-state index in [2.05, 4.69) is 4.98 Å². The van der Waals surface area contributed by atoms with Crippen LogP contribution in [0.15, 0.2) is 9.59 Å². The van der Waals surface area contributed by atoms with Gasteiger partial charge < -0.3 is 14.2 Å². The molecule has 0 bridgehead atoms. The maximum absolute atomic E-state index is 12.8. The Morgan fingerprint density at radius 3 is 2.59 bits per heavy atom. The van der Waals surface area contributed by atoms with Crippen LogP contribution in [-0.2, 0) is 23.6 Å². The second-order valence-corrected chi connectivity index (χ2v) is 7.29. The topological polar surface area (TPSA) is 91.4 Å². The lowest BCUT2D eigenvalue weighted by molar-refractivity contribution is -0.148. The van der Waals surface area contributed by atoms with E-state index in [1.807, 2.05) is 23.3 Å². The maximum atomic E-state index is 12.8. The molecule has 1 aliphatic rings. The molecule has 3 rings (SSSR count). The maximum Gasteiger partial charge on any atom is 0.332 e. The summed E-state index contributed by atoms with van der Waals surface area (Å²) in [6, 6.07) is -0.0295. The first-order valence-electron chi connectivity index (χ1n) is 9.37. The fourth-order valence-electron chi connectivity index (χ4n) is 3.73. The molecule has 148 valence electrons. The Kier molecular flexibility index (Phi) is 5.12. The highest BCUT2D eigenvalue weighted by molar-refractivity contribution is 5.76. The average molecular weight is 377 g/mol. The van der Waals surface area contributed by atoms with E-state index in [0.29, 0.717) is 30.3 Å². The monoisotopic (exact) mass is 377 g/mol. The summed E-state index contributed by atoms with van der Waals surface area (Å²) >= 11 is 0. The summed E-state index contributed by atoms with van der Waals surface area (Å²) in [5, 5.41) is 0. The molecule has 2 aromatic heterocycles. The van der Waals surface area contributed by atoms with E-state index in [4.69, 9.17) is 4.74 Å². The minimum Gasteiger partial charge on any atom is -0.466 e. The van der Waals surface area contributed by atoms with Gasteiger partial charge in [0.1, 0.15) is 0 Å². The molecule has 0 aromatic carbocycles. The Balaban J connectivity index is 2.14. The molecular weight excluding hydrogens is 350 g/mol. The van der Waals surface area contributed by atoms with Crippen molar-refractivity contribution < 1.29 is 9.53 Å².